The number of unbranched alkanes of at least 4 members (excludes halogenated alkanes) is 1. The van der Waals surface area contributed by atoms with Crippen LogP contribution in [0.4, 0.5) is 14.9 Å². The molecule has 31 nitrogen and oxygen atoms in total. The standard InChI is InChI=1S/C86H101ClFN15O16S/c1-52(2)77(99-71(106)33-43-116-44-40-102-72(107)30-31-73(102)108)81(110)98-65(19-15-35-92-86(89)114)80(109)97-61-27-24-58(59(46-61)48-100(6)84(111)66(95-55(5)105)18-13-14-34-90-54(4)104)49-103(7)41-37-101(38-42-103)39-45-117-69-29-28-63(53(3)76(69)87)74-75-82(93-51-94-83(75)120-78(74)56-22-25-60(88)26-23-56)119-70(85(112)113)47-57-16-9-11-20-67(57)118-50-62-32-36-91-79(96-62)64-17-10-12-21-68(64)115-8/h9-12,16-17,20-32,36,46,51-52,65-66,70,77H,13-15,18-19,33-35,37-45,47-50H2,1-8H3,(H8-,89,90,92,95,97,98,99,104,105,106,109,110,112,113,114)/p+1/t65-,66-,70+,77-/m0/s1. The van der Waals surface area contributed by atoms with Crippen molar-refractivity contribution in [3.8, 4) is 56.1 Å². The highest BCUT2D eigenvalue weighted by Crippen LogP contribution is 2.50. The predicted molar refractivity (Wildman–Crippen MR) is 449 cm³/mol. The van der Waals surface area contributed by atoms with Crippen LogP contribution < -0.4 is 56.6 Å². The number of rotatable bonds is 43. The molecule has 8 aromatic rings. The number of nitrogens with two attached hydrogens (primary N) is 1. The van der Waals surface area contributed by atoms with Crippen molar-refractivity contribution in [3.63, 3.8) is 0 Å². The second-order valence-corrected chi connectivity index (χ2v) is 31.3. The van der Waals surface area contributed by atoms with Gasteiger partial charge >= 0.3 is 12.0 Å². The first-order valence-corrected chi connectivity index (χ1v) is 40.8. The van der Waals surface area contributed by atoms with Gasteiger partial charge < -0.3 is 75.8 Å². The van der Waals surface area contributed by atoms with E-state index in [2.05, 4.69) is 58.8 Å². The molecule has 10 amide bonds. The van der Waals surface area contributed by atoms with Crippen LogP contribution in [-0.2, 0) is 74.0 Å². The van der Waals surface area contributed by atoms with Gasteiger partial charge in [-0.25, -0.2) is 33.9 Å². The average molecular weight is 1690 g/mol. The number of urea groups is 1. The minimum Gasteiger partial charge on any atom is -0.496 e. The van der Waals surface area contributed by atoms with E-state index in [4.69, 9.17) is 46.0 Å². The van der Waals surface area contributed by atoms with Crippen LogP contribution in [-0.4, -0.2) is 221 Å². The maximum Gasteiger partial charge on any atom is 0.345 e. The molecule has 120 heavy (non-hydrogen) atoms. The van der Waals surface area contributed by atoms with E-state index in [-0.39, 0.29) is 89.4 Å². The van der Waals surface area contributed by atoms with E-state index in [1.165, 1.54) is 48.5 Å². The number of nitrogens with zero attached hydrogens (tertiary/aromatic N) is 8. The van der Waals surface area contributed by atoms with Gasteiger partial charge in [-0.15, -0.1) is 11.3 Å². The van der Waals surface area contributed by atoms with Crippen LogP contribution in [0.5, 0.6) is 23.1 Å². The Morgan fingerprint density at radius 1 is 0.742 bits per heavy atom. The Kier molecular flexibility index (Phi) is 32.4. The molecule has 4 atom stereocenters. The minimum atomic E-state index is -1.48. The summed E-state index contributed by atoms with van der Waals surface area (Å²) in [6, 6.07) is 27.3. The molecular weight excluding hydrogens is 1590 g/mol. The van der Waals surface area contributed by atoms with Crippen molar-refractivity contribution >= 4 is 98.1 Å². The lowest BCUT2D eigenvalue weighted by Gasteiger charge is -2.42. The molecule has 636 valence electrons. The van der Waals surface area contributed by atoms with Crippen molar-refractivity contribution in [2.24, 2.45) is 11.7 Å². The number of amides is 10. The molecule has 0 radical (unpaired) electrons. The number of anilines is 1. The number of nitrogens with one attached hydrogen (secondary N) is 6. The highest BCUT2D eigenvalue weighted by Gasteiger charge is 2.35. The third kappa shape index (κ3) is 25.0. The number of hydrogen-bond acceptors (Lipinski definition) is 21. The fourth-order valence-corrected chi connectivity index (χ4v) is 15.4. The number of carbonyl (C=O) groups is 10. The number of para-hydroxylation sites is 2. The lowest BCUT2D eigenvalue weighted by molar-refractivity contribution is -0.926. The molecule has 9 N–H and O–H groups in total. The molecule has 2 aliphatic heterocycles. The number of carboxylic acid groups (broad SMARTS) is 1. The van der Waals surface area contributed by atoms with Crippen molar-refractivity contribution in [2.75, 3.05) is 98.7 Å². The van der Waals surface area contributed by atoms with Crippen LogP contribution in [0.2, 0.25) is 5.02 Å². The van der Waals surface area contributed by atoms with Crippen molar-refractivity contribution in [2.45, 2.75) is 123 Å². The number of carboxylic acids is 1. The van der Waals surface area contributed by atoms with Crippen LogP contribution in [0, 0.1) is 18.7 Å². The summed E-state index contributed by atoms with van der Waals surface area (Å²) in [6.07, 6.45) is 5.10. The number of primary amides is 1. The molecule has 0 unspecified atom stereocenters. The Morgan fingerprint density at radius 3 is 2.17 bits per heavy atom. The van der Waals surface area contributed by atoms with E-state index in [9.17, 15) is 57.4 Å². The Balaban J connectivity index is 0.823. The van der Waals surface area contributed by atoms with Crippen molar-refractivity contribution in [3.05, 3.63) is 173 Å². The number of thiophene rings is 1. The largest absolute Gasteiger partial charge is 0.496 e. The van der Waals surface area contributed by atoms with Gasteiger partial charge in [0, 0.05) is 113 Å². The number of carbonyl (C=O) groups excluding carboxylic acids is 9. The Morgan fingerprint density at radius 2 is 1.46 bits per heavy atom. The summed E-state index contributed by atoms with van der Waals surface area (Å²) in [5.74, 6) is -3.96. The number of halogens is 2. The number of piperazine rings is 1. The summed E-state index contributed by atoms with van der Waals surface area (Å²) in [5.41, 5.74) is 11.6. The number of ether oxygens (including phenoxy) is 5. The van der Waals surface area contributed by atoms with Crippen molar-refractivity contribution in [1.29, 1.82) is 0 Å². The van der Waals surface area contributed by atoms with Gasteiger partial charge in [-0.2, -0.15) is 0 Å². The molecule has 1 fully saturated rings. The van der Waals surface area contributed by atoms with Gasteiger partial charge in [0.15, 0.2) is 5.82 Å². The normalized spacial score (nSPS) is 14.2. The van der Waals surface area contributed by atoms with E-state index in [0.717, 1.165) is 22.6 Å². The molecule has 0 bridgehead atoms. The Labute approximate surface area is 703 Å². The first-order valence-electron chi connectivity index (χ1n) is 39.6. The number of likely N-dealkylation sites (N-methyl/N-ethyl adjacent to an activating group) is 2. The zero-order chi connectivity index (χ0) is 86.2. The Bertz CT molecular complexity index is 5030. The van der Waals surface area contributed by atoms with Gasteiger partial charge in [-0.1, -0.05) is 80.0 Å². The lowest BCUT2D eigenvalue weighted by atomic mass is 9.96. The summed E-state index contributed by atoms with van der Waals surface area (Å²) < 4.78 is 45.6. The molecule has 3 aromatic heterocycles. The second kappa shape index (κ2) is 43.1. The monoisotopic (exact) mass is 1690 g/mol. The van der Waals surface area contributed by atoms with Crippen molar-refractivity contribution in [1.82, 2.24) is 61.2 Å². The minimum absolute atomic E-state index is 0.00471. The summed E-state index contributed by atoms with van der Waals surface area (Å²) in [7, 11) is 5.35. The lowest BCUT2D eigenvalue weighted by Crippen LogP contribution is -2.57. The fourth-order valence-electron chi connectivity index (χ4n) is 14.1. The van der Waals surface area contributed by atoms with E-state index >= 15 is 0 Å². The van der Waals surface area contributed by atoms with Crippen LogP contribution in [0.3, 0.4) is 0 Å². The average Bonchev–Trinajstić information content (AvgIpc) is 1.59. The molecule has 1 saturated heterocycles. The number of benzene rings is 5. The van der Waals surface area contributed by atoms with E-state index in [0.29, 0.717) is 163 Å². The summed E-state index contributed by atoms with van der Waals surface area (Å²) in [6.45, 7) is 12.5. The zero-order valence-electron chi connectivity index (χ0n) is 68.3. The van der Waals surface area contributed by atoms with Gasteiger partial charge in [0.1, 0.15) is 72.1 Å². The van der Waals surface area contributed by atoms with Gasteiger partial charge in [0.05, 0.1) is 68.7 Å². The number of quaternary nitrogens is 1. The molecule has 34 heteroatoms. The summed E-state index contributed by atoms with van der Waals surface area (Å²) in [4.78, 5) is 154. The number of imide groups is 1. The van der Waals surface area contributed by atoms with E-state index < -0.39 is 83.4 Å². The first kappa shape index (κ1) is 90.3. The highest BCUT2D eigenvalue weighted by molar-refractivity contribution is 7.22. The molecular formula is C86H102ClFN15O16S+. The molecule has 0 aliphatic carbocycles. The molecule has 0 saturated carbocycles. The van der Waals surface area contributed by atoms with Crippen LogP contribution in [0.25, 0.3) is 43.2 Å². The van der Waals surface area contributed by atoms with Gasteiger partial charge in [-0.05, 0) is 127 Å². The van der Waals surface area contributed by atoms with Crippen molar-refractivity contribution < 1.29 is 85.6 Å². The quantitative estimate of drug-likeness (QED) is 0.0101. The topological polar surface area (TPSA) is 397 Å². The van der Waals surface area contributed by atoms with Crippen LogP contribution in [0.1, 0.15) is 94.2 Å². The summed E-state index contributed by atoms with van der Waals surface area (Å²) >= 11 is 8.63. The first-order chi connectivity index (χ1) is 57.5. The van der Waals surface area contributed by atoms with Gasteiger partial charge in [-0.3, -0.25) is 48.2 Å². The molecule has 5 heterocycles. The van der Waals surface area contributed by atoms with Gasteiger partial charge in [0.2, 0.25) is 47.4 Å². The SMILES string of the molecule is COc1ccccc1-c1nccc(COc2ccccc2C[C@@H](Oc2ncnc3sc(-c4ccc(F)cc4)c(-c4ccc(OCCN5CC[N+](C)(Cc6ccc(NC(=O)[C@H](CCCNC(N)=O)NC(=O)[C@@H](NC(=O)CCOCCN7C(=O)C=CC7=O)C(C)C)cc6CN(C)C(=O)[C@H](CCCCNC(C)=O)NC(C)=O)CC5)c(Cl)c4C)c23)C(=O)O)n1. The van der Waals surface area contributed by atoms with Gasteiger partial charge in [0.25, 0.3) is 11.8 Å². The van der Waals surface area contributed by atoms with E-state index in [1.807, 2.05) is 43.3 Å². The number of aliphatic carboxylic acids is 1. The third-order valence-corrected chi connectivity index (χ3v) is 22.2. The number of methoxy groups -OCH3 is 1. The molecule has 5 aromatic carbocycles. The number of hydrogen-bond donors (Lipinski definition) is 8. The fraction of sp³-hybridized carbons (Fsp3) is 0.395. The molecule has 10 rings (SSSR count). The molecule has 2 aliphatic rings. The summed E-state index contributed by atoms with van der Waals surface area (Å²) in [5, 5.41) is 28.2. The maximum atomic E-state index is 14.6. The van der Waals surface area contributed by atoms with Crippen LogP contribution >= 0.6 is 22.9 Å². The van der Waals surface area contributed by atoms with E-state index in [1.54, 1.807) is 94.9 Å². The Hall–Kier alpha value is -12.0. The second-order valence-electron chi connectivity index (χ2n) is 30.0. The predicted octanol–water partition coefficient (Wildman–Crippen LogP) is 8.70. The smallest absolute Gasteiger partial charge is 0.345 e. The third-order valence-electron chi connectivity index (χ3n) is 20.6. The van der Waals surface area contributed by atoms with Crippen LogP contribution in [0.15, 0.2) is 134 Å². The number of fused-ring (bicyclic) bond motifs is 1. The maximum absolute atomic E-state index is 14.6. The zero-order valence-corrected chi connectivity index (χ0v) is 69.9. The number of aromatic nitrogens is 4. The molecule has 0 spiro atoms. The highest BCUT2D eigenvalue weighted by atomic mass is 35.5.